The van der Waals surface area contributed by atoms with Crippen molar-refractivity contribution < 1.29 is 24.2 Å². The number of benzene rings is 1. The van der Waals surface area contributed by atoms with Crippen LogP contribution in [0.2, 0.25) is 0 Å². The number of allylic oxidation sites excluding steroid dienone is 1. The van der Waals surface area contributed by atoms with Crippen LogP contribution >= 0.6 is 11.8 Å². The van der Waals surface area contributed by atoms with Crippen LogP contribution in [-0.2, 0) is 4.79 Å². The summed E-state index contributed by atoms with van der Waals surface area (Å²) in [4.78, 5) is 24.6. The van der Waals surface area contributed by atoms with Gasteiger partial charge in [-0.1, -0.05) is 6.92 Å². The van der Waals surface area contributed by atoms with Gasteiger partial charge in [-0.25, -0.2) is 4.79 Å². The Bertz CT molecular complexity index is 776. The van der Waals surface area contributed by atoms with Gasteiger partial charge >= 0.3 is 6.03 Å². The van der Waals surface area contributed by atoms with Gasteiger partial charge in [0, 0.05) is 29.8 Å². The van der Waals surface area contributed by atoms with Gasteiger partial charge in [0.15, 0.2) is 0 Å². The minimum atomic E-state index is -0.806. The number of carbonyl (C=O) groups excluding carboxylic acids is 2. The van der Waals surface area contributed by atoms with Gasteiger partial charge in [0.25, 0.3) is 5.91 Å². The summed E-state index contributed by atoms with van der Waals surface area (Å²) in [5.41, 5.74) is 0.600. The van der Waals surface area contributed by atoms with Gasteiger partial charge in [-0.15, -0.1) is 0 Å². The van der Waals surface area contributed by atoms with Gasteiger partial charge in [0.05, 0.1) is 26.5 Å². The van der Waals surface area contributed by atoms with Crippen molar-refractivity contribution in [1.82, 2.24) is 10.6 Å². The van der Waals surface area contributed by atoms with E-state index in [-0.39, 0.29) is 12.2 Å². The number of hydrogen-bond donors (Lipinski definition) is 4. The molecule has 0 aromatic heterocycles. The molecule has 158 valence electrons. The predicted octanol–water partition coefficient (Wildman–Crippen LogP) is 1.85. The largest absolute Gasteiger partial charge is 0.497 e. The number of rotatable bonds is 11. The molecule has 1 aromatic rings. The molecule has 0 bridgehead atoms. The zero-order chi connectivity index (χ0) is 21.6. The molecule has 0 radical (unpaired) electrons. The van der Waals surface area contributed by atoms with Crippen LogP contribution in [0.4, 0.5) is 10.5 Å². The van der Waals surface area contributed by atoms with Gasteiger partial charge in [0.2, 0.25) is 0 Å². The van der Waals surface area contributed by atoms with Crippen molar-refractivity contribution >= 4 is 29.4 Å². The summed E-state index contributed by atoms with van der Waals surface area (Å²) in [7, 11) is 2.94. The molecule has 0 spiro atoms. The normalized spacial score (nSPS) is 11.0. The zero-order valence-electron chi connectivity index (χ0n) is 16.7. The highest BCUT2D eigenvalue weighted by Crippen LogP contribution is 2.28. The highest BCUT2D eigenvalue weighted by atomic mass is 32.2. The van der Waals surface area contributed by atoms with Crippen LogP contribution in [0.25, 0.3) is 0 Å². The Morgan fingerprint density at radius 2 is 2.00 bits per heavy atom. The summed E-state index contributed by atoms with van der Waals surface area (Å²) in [5, 5.41) is 25.9. The number of thioether (sulfide) groups is 1. The second kappa shape index (κ2) is 13.3. The maximum Gasteiger partial charge on any atom is 0.326 e. The monoisotopic (exact) mass is 422 g/mol. The van der Waals surface area contributed by atoms with Gasteiger partial charge in [0.1, 0.15) is 23.1 Å². The number of aliphatic hydroxyl groups excluding tert-OH is 1. The number of carbonyl (C=O) groups is 2. The van der Waals surface area contributed by atoms with Crippen molar-refractivity contribution in [3.63, 3.8) is 0 Å². The SMILES string of the molecule is CC/C(NCCSCCO)=C(\C#N)C(=O)NC(=O)Nc1cc(OC)ccc1OC. The average molecular weight is 423 g/mol. The lowest BCUT2D eigenvalue weighted by atomic mass is 10.1. The summed E-state index contributed by atoms with van der Waals surface area (Å²) in [6.45, 7) is 2.43. The highest BCUT2D eigenvalue weighted by Gasteiger charge is 2.18. The standard InChI is InChI=1S/C19H26N4O5S/c1-4-15(21-7-9-29-10-8-24)14(12-20)18(25)23-19(26)22-16-11-13(27-2)5-6-17(16)28-3/h5-6,11,21,24H,4,7-10H2,1-3H3,(H2,22,23,25,26)/b15-14-. The minimum absolute atomic E-state index is 0.0974. The number of hydrogen-bond acceptors (Lipinski definition) is 8. The average Bonchev–Trinajstić information content (AvgIpc) is 2.72. The molecular weight excluding hydrogens is 396 g/mol. The molecule has 0 saturated carbocycles. The lowest BCUT2D eigenvalue weighted by Crippen LogP contribution is -2.36. The quantitative estimate of drug-likeness (QED) is 0.241. The van der Waals surface area contributed by atoms with E-state index in [2.05, 4.69) is 16.0 Å². The van der Waals surface area contributed by atoms with Crippen LogP contribution in [0.15, 0.2) is 29.5 Å². The molecule has 0 aliphatic heterocycles. The minimum Gasteiger partial charge on any atom is -0.497 e. The smallest absolute Gasteiger partial charge is 0.326 e. The molecule has 1 aromatic carbocycles. The molecule has 0 atom stereocenters. The van der Waals surface area contributed by atoms with Gasteiger partial charge in [-0.2, -0.15) is 17.0 Å². The molecule has 0 unspecified atom stereocenters. The first-order valence-corrected chi connectivity index (χ1v) is 10.1. The molecule has 0 fully saturated rings. The zero-order valence-corrected chi connectivity index (χ0v) is 17.5. The number of ether oxygens (including phenoxy) is 2. The van der Waals surface area contributed by atoms with Crippen molar-refractivity contribution in [3.8, 4) is 17.6 Å². The molecule has 0 heterocycles. The lowest BCUT2D eigenvalue weighted by Gasteiger charge is -2.13. The number of nitrogens with one attached hydrogen (secondary N) is 3. The first-order chi connectivity index (χ1) is 14.0. The Morgan fingerprint density at radius 3 is 2.59 bits per heavy atom. The molecule has 9 nitrogen and oxygen atoms in total. The number of urea groups is 1. The van der Waals surface area contributed by atoms with Crippen LogP contribution in [0.5, 0.6) is 11.5 Å². The number of aliphatic hydroxyl groups is 1. The summed E-state index contributed by atoms with van der Waals surface area (Å²) >= 11 is 1.55. The topological polar surface area (TPSA) is 133 Å². The van der Waals surface area contributed by atoms with E-state index in [4.69, 9.17) is 14.6 Å². The second-order valence-corrected chi connectivity index (χ2v) is 6.78. The fourth-order valence-corrected chi connectivity index (χ4v) is 2.90. The third-order valence-electron chi connectivity index (χ3n) is 3.70. The Balaban J connectivity index is 2.80. The molecular formula is C19H26N4O5S. The number of anilines is 1. The molecule has 0 aliphatic carbocycles. The van der Waals surface area contributed by atoms with E-state index in [0.29, 0.717) is 47.4 Å². The van der Waals surface area contributed by atoms with E-state index in [1.54, 1.807) is 36.9 Å². The van der Waals surface area contributed by atoms with E-state index >= 15 is 0 Å². The summed E-state index contributed by atoms with van der Waals surface area (Å²) in [6.07, 6.45) is 0.423. The van der Waals surface area contributed by atoms with Crippen LogP contribution in [0.1, 0.15) is 13.3 Å². The highest BCUT2D eigenvalue weighted by molar-refractivity contribution is 7.99. The van der Waals surface area contributed by atoms with Crippen molar-refractivity contribution in [2.75, 3.05) is 44.2 Å². The van der Waals surface area contributed by atoms with Crippen LogP contribution in [-0.4, -0.2) is 55.9 Å². The molecule has 0 aliphatic rings. The molecule has 10 heteroatoms. The van der Waals surface area contributed by atoms with Crippen LogP contribution < -0.4 is 25.4 Å². The molecule has 3 amide bonds. The van der Waals surface area contributed by atoms with Crippen molar-refractivity contribution in [2.24, 2.45) is 0 Å². The van der Waals surface area contributed by atoms with E-state index < -0.39 is 11.9 Å². The Labute approximate surface area is 174 Å². The van der Waals surface area contributed by atoms with E-state index in [1.807, 2.05) is 6.07 Å². The Kier molecular flexibility index (Phi) is 11.1. The van der Waals surface area contributed by atoms with E-state index in [1.165, 1.54) is 14.2 Å². The number of nitrogens with zero attached hydrogens (tertiary/aromatic N) is 1. The summed E-state index contributed by atoms with van der Waals surface area (Å²) in [6, 6.07) is 5.88. The van der Waals surface area contributed by atoms with Gasteiger partial charge in [-0.3, -0.25) is 10.1 Å². The number of nitriles is 1. The summed E-state index contributed by atoms with van der Waals surface area (Å²) < 4.78 is 10.3. The van der Waals surface area contributed by atoms with Crippen molar-refractivity contribution in [3.05, 3.63) is 29.5 Å². The first kappa shape index (κ1) is 24.1. The van der Waals surface area contributed by atoms with E-state index in [9.17, 15) is 14.9 Å². The second-order valence-electron chi connectivity index (χ2n) is 5.56. The molecule has 0 saturated heterocycles. The maximum atomic E-state index is 12.4. The molecule has 1 rings (SSSR count). The third kappa shape index (κ3) is 7.93. The third-order valence-corrected chi connectivity index (χ3v) is 4.66. The summed E-state index contributed by atoms with van der Waals surface area (Å²) in [5.74, 6) is 1.41. The number of amides is 3. The number of methoxy groups -OCH3 is 2. The fraction of sp³-hybridized carbons (Fsp3) is 0.421. The molecule has 29 heavy (non-hydrogen) atoms. The Hall–Kier alpha value is -2.90. The first-order valence-electron chi connectivity index (χ1n) is 8.90. The van der Waals surface area contributed by atoms with Crippen LogP contribution in [0, 0.1) is 11.3 Å². The molecule has 4 N–H and O–H groups in total. The van der Waals surface area contributed by atoms with Crippen molar-refractivity contribution in [2.45, 2.75) is 13.3 Å². The predicted molar refractivity (Wildman–Crippen MR) is 112 cm³/mol. The Morgan fingerprint density at radius 1 is 1.24 bits per heavy atom. The van der Waals surface area contributed by atoms with Crippen LogP contribution in [0.3, 0.4) is 0 Å². The van der Waals surface area contributed by atoms with Gasteiger partial charge < -0.3 is 25.2 Å². The maximum absolute atomic E-state index is 12.4. The van der Waals surface area contributed by atoms with E-state index in [0.717, 1.165) is 0 Å². The number of imide groups is 1. The van der Waals surface area contributed by atoms with Crippen molar-refractivity contribution in [1.29, 1.82) is 5.26 Å². The van der Waals surface area contributed by atoms with Gasteiger partial charge in [-0.05, 0) is 18.6 Å². The fourth-order valence-electron chi connectivity index (χ4n) is 2.32. The lowest BCUT2D eigenvalue weighted by molar-refractivity contribution is -0.116.